The van der Waals surface area contributed by atoms with E-state index in [4.69, 9.17) is 4.74 Å². The van der Waals surface area contributed by atoms with E-state index in [9.17, 15) is 14.4 Å². The average Bonchev–Trinajstić information content (AvgIpc) is 2.63. The summed E-state index contributed by atoms with van der Waals surface area (Å²) in [4.78, 5) is 37.6. The smallest absolute Gasteiger partial charge is 0.306 e. The fraction of sp³-hybridized carbons (Fsp3) is 0.318. The van der Waals surface area contributed by atoms with Crippen molar-refractivity contribution in [1.29, 1.82) is 0 Å². The van der Waals surface area contributed by atoms with E-state index in [1.807, 2.05) is 26.8 Å². The van der Waals surface area contributed by atoms with Crippen LogP contribution in [-0.4, -0.2) is 24.1 Å². The van der Waals surface area contributed by atoms with Crippen molar-refractivity contribution >= 4 is 17.5 Å². The first kappa shape index (κ1) is 18.1. The number of hydrogen-bond acceptors (Lipinski definition) is 4. The molecule has 0 radical (unpaired) electrons. The van der Waals surface area contributed by atoms with Crippen LogP contribution in [0.5, 0.6) is 0 Å². The first-order valence-corrected chi connectivity index (χ1v) is 8.83. The third-order valence-electron chi connectivity index (χ3n) is 4.76. The first-order valence-electron chi connectivity index (χ1n) is 8.83. The zero-order valence-corrected chi connectivity index (χ0v) is 15.3. The van der Waals surface area contributed by atoms with Gasteiger partial charge in [0.25, 0.3) is 0 Å². The van der Waals surface area contributed by atoms with Crippen LogP contribution in [0.2, 0.25) is 0 Å². The van der Waals surface area contributed by atoms with Gasteiger partial charge in [-0.05, 0) is 24.1 Å². The molecule has 1 aliphatic rings. The Morgan fingerprint density at radius 1 is 0.923 bits per heavy atom. The molecule has 0 heterocycles. The van der Waals surface area contributed by atoms with Crippen LogP contribution in [0.3, 0.4) is 0 Å². The molecule has 0 N–H and O–H groups in total. The van der Waals surface area contributed by atoms with Crippen LogP contribution in [-0.2, 0) is 14.9 Å². The summed E-state index contributed by atoms with van der Waals surface area (Å²) in [5.41, 5.74) is 2.04. The molecular formula is C22H22O4. The maximum atomic E-state index is 12.9. The maximum absolute atomic E-state index is 12.9. The molecule has 0 spiro atoms. The van der Waals surface area contributed by atoms with Gasteiger partial charge in [0.05, 0.1) is 13.0 Å². The van der Waals surface area contributed by atoms with Gasteiger partial charge in [0.1, 0.15) is 0 Å². The number of carbonyl (C=O) groups is 3. The predicted molar refractivity (Wildman–Crippen MR) is 98.6 cm³/mol. The van der Waals surface area contributed by atoms with E-state index >= 15 is 0 Å². The van der Waals surface area contributed by atoms with Gasteiger partial charge < -0.3 is 4.74 Å². The summed E-state index contributed by atoms with van der Waals surface area (Å²) in [6.45, 7) is 6.22. The molecule has 0 bridgehead atoms. The Bertz CT molecular complexity index is 893. The van der Waals surface area contributed by atoms with Crippen LogP contribution in [0.15, 0.2) is 42.5 Å². The molecule has 0 atom stereocenters. The van der Waals surface area contributed by atoms with Gasteiger partial charge in [-0.3, -0.25) is 14.4 Å². The highest BCUT2D eigenvalue weighted by Crippen LogP contribution is 2.33. The summed E-state index contributed by atoms with van der Waals surface area (Å²) < 4.78 is 5.19. The lowest BCUT2D eigenvalue weighted by atomic mass is 9.77. The van der Waals surface area contributed by atoms with Crippen LogP contribution in [0.4, 0.5) is 0 Å². The van der Waals surface area contributed by atoms with Gasteiger partial charge in [0.15, 0.2) is 11.6 Å². The SMILES string of the molecule is CCCOC(=O)CC(C)(C)c1ccc2c(c1)C(=O)c1ccccc1C2=O. The zero-order chi connectivity index (χ0) is 18.9. The maximum Gasteiger partial charge on any atom is 0.306 e. The first-order chi connectivity index (χ1) is 12.3. The molecule has 3 rings (SSSR count). The molecule has 2 aromatic rings. The number of ketones is 2. The third-order valence-corrected chi connectivity index (χ3v) is 4.76. The predicted octanol–water partition coefficient (Wildman–Crippen LogP) is 4.08. The van der Waals surface area contributed by atoms with Gasteiger partial charge in [-0.1, -0.05) is 51.1 Å². The molecule has 0 aromatic heterocycles. The van der Waals surface area contributed by atoms with Gasteiger partial charge >= 0.3 is 5.97 Å². The molecule has 0 fully saturated rings. The van der Waals surface area contributed by atoms with Crippen LogP contribution in [0, 0.1) is 0 Å². The van der Waals surface area contributed by atoms with E-state index in [0.717, 1.165) is 12.0 Å². The monoisotopic (exact) mass is 350 g/mol. The summed E-state index contributed by atoms with van der Waals surface area (Å²) in [5, 5.41) is 0. The van der Waals surface area contributed by atoms with Gasteiger partial charge in [0, 0.05) is 27.7 Å². The van der Waals surface area contributed by atoms with Crippen molar-refractivity contribution in [2.45, 2.75) is 39.0 Å². The summed E-state index contributed by atoms with van der Waals surface area (Å²) >= 11 is 0. The summed E-state index contributed by atoms with van der Waals surface area (Å²) in [7, 11) is 0. The molecule has 0 saturated heterocycles. The Kier molecular flexibility index (Phi) is 4.77. The molecule has 26 heavy (non-hydrogen) atoms. The number of fused-ring (bicyclic) bond motifs is 2. The number of esters is 1. The minimum Gasteiger partial charge on any atom is -0.466 e. The van der Waals surface area contributed by atoms with E-state index in [1.165, 1.54) is 0 Å². The molecule has 2 aromatic carbocycles. The van der Waals surface area contributed by atoms with Crippen molar-refractivity contribution in [2.24, 2.45) is 0 Å². The lowest BCUT2D eigenvalue weighted by Gasteiger charge is -2.26. The van der Waals surface area contributed by atoms with Crippen LogP contribution in [0.1, 0.15) is 71.0 Å². The highest BCUT2D eigenvalue weighted by Gasteiger charge is 2.32. The van der Waals surface area contributed by atoms with Crippen molar-refractivity contribution in [2.75, 3.05) is 6.61 Å². The third kappa shape index (κ3) is 3.19. The molecule has 1 aliphatic carbocycles. The quantitative estimate of drug-likeness (QED) is 0.651. The Morgan fingerprint density at radius 3 is 2.12 bits per heavy atom. The van der Waals surface area contributed by atoms with E-state index in [2.05, 4.69) is 0 Å². The summed E-state index contributed by atoms with van der Waals surface area (Å²) in [6, 6.07) is 12.1. The molecule has 0 aliphatic heterocycles. The molecular weight excluding hydrogens is 328 g/mol. The average molecular weight is 350 g/mol. The van der Waals surface area contributed by atoms with Gasteiger partial charge in [-0.15, -0.1) is 0 Å². The van der Waals surface area contributed by atoms with Gasteiger partial charge in [-0.25, -0.2) is 0 Å². The van der Waals surface area contributed by atoms with Gasteiger partial charge in [0.2, 0.25) is 0 Å². The normalized spacial score (nSPS) is 13.2. The second-order valence-electron chi connectivity index (χ2n) is 7.25. The Hall–Kier alpha value is -2.75. The molecule has 134 valence electrons. The standard InChI is InChI=1S/C22H22O4/c1-4-11-26-19(23)13-22(2,3)14-9-10-17-18(12-14)21(25)16-8-6-5-7-15(16)20(17)24/h5-10,12H,4,11,13H2,1-3H3. The second kappa shape index (κ2) is 6.87. The fourth-order valence-electron chi connectivity index (χ4n) is 3.25. The number of hydrogen-bond donors (Lipinski definition) is 0. The van der Waals surface area contributed by atoms with Crippen molar-refractivity contribution in [3.63, 3.8) is 0 Å². The number of carbonyl (C=O) groups excluding carboxylic acids is 3. The molecule has 0 unspecified atom stereocenters. The number of benzene rings is 2. The fourth-order valence-corrected chi connectivity index (χ4v) is 3.25. The lowest BCUT2D eigenvalue weighted by molar-refractivity contribution is -0.144. The van der Waals surface area contributed by atoms with Crippen molar-refractivity contribution in [3.8, 4) is 0 Å². The Labute approximate surface area is 153 Å². The van der Waals surface area contributed by atoms with Crippen molar-refractivity contribution < 1.29 is 19.1 Å². The largest absolute Gasteiger partial charge is 0.466 e. The molecule has 4 nitrogen and oxygen atoms in total. The molecule has 0 saturated carbocycles. The summed E-state index contributed by atoms with van der Waals surface area (Å²) in [5.74, 6) is -0.550. The van der Waals surface area contributed by atoms with Crippen LogP contribution in [0.25, 0.3) is 0 Å². The summed E-state index contributed by atoms with van der Waals surface area (Å²) in [6.07, 6.45) is 0.992. The minimum atomic E-state index is -0.500. The minimum absolute atomic E-state index is 0.137. The highest BCUT2D eigenvalue weighted by molar-refractivity contribution is 6.28. The number of rotatable bonds is 5. The lowest BCUT2D eigenvalue weighted by Crippen LogP contribution is -2.26. The van der Waals surface area contributed by atoms with E-state index < -0.39 is 5.41 Å². The second-order valence-corrected chi connectivity index (χ2v) is 7.25. The Morgan fingerprint density at radius 2 is 1.50 bits per heavy atom. The van der Waals surface area contributed by atoms with Gasteiger partial charge in [-0.2, -0.15) is 0 Å². The zero-order valence-electron chi connectivity index (χ0n) is 15.3. The van der Waals surface area contributed by atoms with Crippen LogP contribution < -0.4 is 0 Å². The van der Waals surface area contributed by atoms with E-state index in [-0.39, 0.29) is 24.0 Å². The molecule has 4 heteroatoms. The van der Waals surface area contributed by atoms with E-state index in [1.54, 1.807) is 36.4 Å². The Balaban J connectivity index is 1.95. The van der Waals surface area contributed by atoms with Crippen molar-refractivity contribution in [1.82, 2.24) is 0 Å². The molecule has 0 amide bonds. The highest BCUT2D eigenvalue weighted by atomic mass is 16.5. The van der Waals surface area contributed by atoms with Crippen LogP contribution >= 0.6 is 0 Å². The topological polar surface area (TPSA) is 60.4 Å². The van der Waals surface area contributed by atoms with E-state index in [0.29, 0.717) is 28.9 Å². The van der Waals surface area contributed by atoms with Crippen molar-refractivity contribution in [3.05, 3.63) is 70.3 Å². The number of ether oxygens (including phenoxy) is 1.